The number of alkyl halides is 1. The van der Waals surface area contributed by atoms with Crippen molar-refractivity contribution in [1.82, 2.24) is 0 Å². The standard InChI is InChI=1S/C12H16O5.C6H8O3.C3H5ClO/c1-2-10(4-14-6-12-8-16-12)17-9(1)3-13-5-11-7-15-11;7-3-5-1-2-6(4-8)9-5;4-1-3-2-5-3/h1-2,11-12H,3-8H2;1-2,7-8H,3-4H2;3H,1-2H2. The van der Waals surface area contributed by atoms with Crippen LogP contribution in [-0.2, 0) is 50.1 Å². The summed E-state index contributed by atoms with van der Waals surface area (Å²) < 4.78 is 36.1. The van der Waals surface area contributed by atoms with Crippen molar-refractivity contribution in [1.29, 1.82) is 0 Å². The van der Waals surface area contributed by atoms with Gasteiger partial charge in [-0.25, -0.2) is 0 Å². The molecule has 0 aliphatic carbocycles. The molecular weight excluding hydrogens is 432 g/mol. The Bertz CT molecular complexity index is 684. The average molecular weight is 461 g/mol. The topological polar surface area (TPSA) is 123 Å². The van der Waals surface area contributed by atoms with Crippen LogP contribution >= 0.6 is 11.6 Å². The van der Waals surface area contributed by atoms with E-state index in [2.05, 4.69) is 0 Å². The normalized spacial score (nSPS) is 22.7. The number of aliphatic hydroxyl groups excluding tert-OH is 2. The summed E-state index contributed by atoms with van der Waals surface area (Å²) in [7, 11) is 0. The van der Waals surface area contributed by atoms with Crippen LogP contribution < -0.4 is 0 Å². The maximum absolute atomic E-state index is 8.47. The highest BCUT2D eigenvalue weighted by atomic mass is 35.5. The molecule has 3 saturated heterocycles. The van der Waals surface area contributed by atoms with Crippen LogP contribution in [0.25, 0.3) is 0 Å². The van der Waals surface area contributed by atoms with Gasteiger partial charge in [-0.3, -0.25) is 0 Å². The first-order valence-electron chi connectivity index (χ1n) is 10.1. The maximum atomic E-state index is 8.47. The van der Waals surface area contributed by atoms with E-state index in [1.54, 1.807) is 12.1 Å². The minimum absolute atomic E-state index is 0.111. The summed E-state index contributed by atoms with van der Waals surface area (Å²) in [5.74, 6) is 3.29. The molecular formula is C21H29ClO9. The lowest BCUT2D eigenvalue weighted by Crippen LogP contribution is -2.01. The Morgan fingerprint density at radius 1 is 0.710 bits per heavy atom. The van der Waals surface area contributed by atoms with Crippen molar-refractivity contribution < 1.29 is 42.7 Å². The number of halogens is 1. The van der Waals surface area contributed by atoms with Crippen LogP contribution in [0.1, 0.15) is 23.0 Å². The fourth-order valence-electron chi connectivity index (χ4n) is 2.24. The molecule has 3 fully saturated rings. The zero-order valence-electron chi connectivity index (χ0n) is 17.2. The molecule has 2 aromatic rings. The van der Waals surface area contributed by atoms with Crippen LogP contribution in [0.3, 0.4) is 0 Å². The lowest BCUT2D eigenvalue weighted by molar-refractivity contribution is 0.0767. The van der Waals surface area contributed by atoms with Crippen molar-refractivity contribution in [3.05, 3.63) is 47.3 Å². The van der Waals surface area contributed by atoms with Crippen molar-refractivity contribution in [2.24, 2.45) is 0 Å². The molecule has 5 rings (SSSR count). The summed E-state index contributed by atoms with van der Waals surface area (Å²) >= 11 is 5.27. The van der Waals surface area contributed by atoms with E-state index in [1.807, 2.05) is 12.1 Å². The molecule has 0 aromatic carbocycles. The molecule has 2 N–H and O–H groups in total. The molecule has 174 valence electrons. The Kier molecular flexibility index (Phi) is 10.3. The van der Waals surface area contributed by atoms with Gasteiger partial charge >= 0.3 is 0 Å². The van der Waals surface area contributed by atoms with Gasteiger partial charge in [-0.1, -0.05) is 0 Å². The zero-order chi connectivity index (χ0) is 21.9. The Labute approximate surface area is 185 Å². The molecule has 0 amide bonds. The molecule has 3 unspecified atom stereocenters. The lowest BCUT2D eigenvalue weighted by Gasteiger charge is -2.00. The number of furan rings is 2. The average Bonchev–Trinajstić information content (AvgIpc) is 3.70. The predicted molar refractivity (Wildman–Crippen MR) is 109 cm³/mol. The monoisotopic (exact) mass is 460 g/mol. The smallest absolute Gasteiger partial charge is 0.129 e. The minimum Gasteiger partial charge on any atom is -0.461 e. The number of hydrogen-bond acceptors (Lipinski definition) is 9. The van der Waals surface area contributed by atoms with Crippen LogP contribution in [0.4, 0.5) is 0 Å². The van der Waals surface area contributed by atoms with Gasteiger partial charge in [0.25, 0.3) is 0 Å². The molecule has 0 bridgehead atoms. The molecule has 5 heterocycles. The zero-order valence-corrected chi connectivity index (χ0v) is 18.0. The molecule has 3 aliphatic heterocycles. The second-order valence-corrected chi connectivity index (χ2v) is 7.41. The molecule has 2 aromatic heterocycles. The van der Waals surface area contributed by atoms with Gasteiger partial charge in [0.15, 0.2) is 0 Å². The highest BCUT2D eigenvalue weighted by molar-refractivity contribution is 6.18. The van der Waals surface area contributed by atoms with Crippen molar-refractivity contribution in [3.63, 3.8) is 0 Å². The third-order valence-corrected chi connectivity index (χ3v) is 4.57. The second kappa shape index (κ2) is 13.2. The molecule has 0 radical (unpaired) electrons. The number of rotatable bonds is 11. The predicted octanol–water partition coefficient (Wildman–Crippen LogP) is 2.00. The van der Waals surface area contributed by atoms with Gasteiger partial charge in [-0.05, 0) is 24.3 Å². The number of hydrogen-bond donors (Lipinski definition) is 2. The van der Waals surface area contributed by atoms with E-state index in [9.17, 15) is 0 Å². The lowest BCUT2D eigenvalue weighted by atomic mass is 10.4. The molecule has 9 nitrogen and oxygen atoms in total. The minimum atomic E-state index is -0.111. The molecule has 0 saturated carbocycles. The van der Waals surface area contributed by atoms with Gasteiger partial charge in [0.05, 0.1) is 45.0 Å². The van der Waals surface area contributed by atoms with E-state index in [-0.39, 0.29) is 13.2 Å². The largest absolute Gasteiger partial charge is 0.461 e. The van der Waals surface area contributed by atoms with Crippen molar-refractivity contribution >= 4 is 11.6 Å². The highest BCUT2D eigenvalue weighted by Crippen LogP contribution is 2.15. The number of epoxide rings is 3. The summed E-state index contributed by atoms with van der Waals surface area (Å²) in [6.07, 6.45) is 0.995. The summed E-state index contributed by atoms with van der Waals surface area (Å²) in [4.78, 5) is 0. The fraction of sp³-hybridized carbons (Fsp3) is 0.619. The Balaban J connectivity index is 0.000000162. The van der Waals surface area contributed by atoms with E-state index in [0.717, 1.165) is 31.3 Å². The quantitative estimate of drug-likeness (QED) is 0.382. The first kappa shape index (κ1) is 24.2. The molecule has 31 heavy (non-hydrogen) atoms. The highest BCUT2D eigenvalue weighted by Gasteiger charge is 2.23. The first-order chi connectivity index (χ1) is 15.2. The molecule has 3 atom stereocenters. The Morgan fingerprint density at radius 2 is 1.10 bits per heavy atom. The fourth-order valence-corrected chi connectivity index (χ4v) is 2.42. The van der Waals surface area contributed by atoms with Crippen molar-refractivity contribution in [2.75, 3.05) is 38.9 Å². The van der Waals surface area contributed by atoms with Crippen LogP contribution in [0.15, 0.2) is 33.1 Å². The van der Waals surface area contributed by atoms with Gasteiger partial charge < -0.3 is 42.7 Å². The van der Waals surface area contributed by atoms with Crippen LogP contribution in [0.2, 0.25) is 0 Å². The van der Waals surface area contributed by atoms with Gasteiger partial charge in [-0.2, -0.15) is 0 Å². The molecule has 3 aliphatic rings. The summed E-state index contributed by atoms with van der Waals surface area (Å²) in [6, 6.07) is 7.09. The van der Waals surface area contributed by atoms with Gasteiger partial charge in [0.2, 0.25) is 0 Å². The van der Waals surface area contributed by atoms with E-state index >= 15 is 0 Å². The third-order valence-electron chi connectivity index (χ3n) is 4.22. The number of aliphatic hydroxyl groups is 2. The van der Waals surface area contributed by atoms with Gasteiger partial charge in [0.1, 0.15) is 61.7 Å². The second-order valence-electron chi connectivity index (χ2n) is 7.10. The van der Waals surface area contributed by atoms with Crippen molar-refractivity contribution in [2.45, 2.75) is 44.7 Å². The maximum Gasteiger partial charge on any atom is 0.129 e. The van der Waals surface area contributed by atoms with Gasteiger partial charge in [-0.15, -0.1) is 11.6 Å². The van der Waals surface area contributed by atoms with Crippen molar-refractivity contribution in [3.8, 4) is 0 Å². The van der Waals surface area contributed by atoms with Crippen LogP contribution in [-0.4, -0.2) is 67.4 Å². The SMILES string of the molecule is ClCC1CO1.OCc1ccc(CO)o1.c1cc(COCC2CO2)oc1COCC1CO1. The van der Waals surface area contributed by atoms with Crippen LogP contribution in [0, 0.1) is 0 Å². The molecule has 10 heteroatoms. The van der Waals surface area contributed by atoms with Crippen LogP contribution in [0.5, 0.6) is 0 Å². The van der Waals surface area contributed by atoms with E-state index in [4.69, 9.17) is 54.3 Å². The summed E-state index contributed by atoms with van der Waals surface area (Å²) in [5.41, 5.74) is 0. The Morgan fingerprint density at radius 3 is 1.39 bits per heavy atom. The summed E-state index contributed by atoms with van der Waals surface area (Å²) in [5, 5.41) is 16.9. The Hall–Kier alpha value is -1.43. The van der Waals surface area contributed by atoms with E-state index in [0.29, 0.717) is 62.1 Å². The van der Waals surface area contributed by atoms with E-state index < -0.39 is 0 Å². The van der Waals surface area contributed by atoms with Gasteiger partial charge in [0, 0.05) is 0 Å². The molecule has 0 spiro atoms. The summed E-state index contributed by atoms with van der Waals surface area (Å²) in [6.45, 7) is 4.57. The third kappa shape index (κ3) is 10.6. The first-order valence-corrected chi connectivity index (χ1v) is 10.7. The number of ether oxygens (including phenoxy) is 5. The van der Waals surface area contributed by atoms with E-state index in [1.165, 1.54) is 0 Å².